The Hall–Kier alpha value is -2.69. The van der Waals surface area contributed by atoms with Crippen LogP contribution < -0.4 is 5.32 Å². The van der Waals surface area contributed by atoms with Crippen molar-refractivity contribution >= 4 is 11.6 Å². The van der Waals surface area contributed by atoms with Gasteiger partial charge in [-0.05, 0) is 25.0 Å². The molecule has 0 radical (unpaired) electrons. The molecule has 1 aromatic carbocycles. The third-order valence-electron chi connectivity index (χ3n) is 3.25. The van der Waals surface area contributed by atoms with E-state index in [-0.39, 0.29) is 5.91 Å². The molecule has 0 unspecified atom stereocenters. The van der Waals surface area contributed by atoms with Crippen LogP contribution >= 0.6 is 0 Å². The topological polar surface area (TPSA) is 59.3 Å². The number of hydrogen-bond acceptors (Lipinski definition) is 3. The van der Waals surface area contributed by atoms with Crippen LogP contribution in [-0.2, 0) is 6.42 Å². The number of fused-ring (bicyclic) bond motifs is 1. The van der Waals surface area contributed by atoms with E-state index in [1.54, 1.807) is 16.8 Å². The molecule has 3 rings (SSSR count). The van der Waals surface area contributed by atoms with Gasteiger partial charge in [0, 0.05) is 18.8 Å². The molecule has 0 saturated carbocycles. The highest BCUT2D eigenvalue weighted by Gasteiger charge is 2.11. The Morgan fingerprint density at radius 2 is 2.05 bits per heavy atom. The second-order valence-electron chi connectivity index (χ2n) is 4.88. The number of nitrogens with one attached hydrogen (secondary N) is 1. The standard InChI is InChI=1S/C16H16N4O/c1-12-11-15-17-10-8-14(20(15)19-12)16(21)18-9-7-13-5-3-2-4-6-13/h2-6,8,10-11H,7,9H2,1H3,(H,18,21). The second-order valence-corrected chi connectivity index (χ2v) is 4.88. The fraction of sp³-hybridized carbons (Fsp3) is 0.188. The van der Waals surface area contributed by atoms with E-state index in [9.17, 15) is 4.79 Å². The predicted molar refractivity (Wildman–Crippen MR) is 80.2 cm³/mol. The zero-order valence-electron chi connectivity index (χ0n) is 11.8. The van der Waals surface area contributed by atoms with E-state index < -0.39 is 0 Å². The molecular weight excluding hydrogens is 264 g/mol. The molecule has 0 saturated heterocycles. The summed E-state index contributed by atoms with van der Waals surface area (Å²) in [5.74, 6) is -0.138. The van der Waals surface area contributed by atoms with Gasteiger partial charge in [0.15, 0.2) is 5.65 Å². The molecule has 2 heterocycles. The second kappa shape index (κ2) is 5.75. The summed E-state index contributed by atoms with van der Waals surface area (Å²) in [4.78, 5) is 16.5. The molecule has 5 heteroatoms. The minimum absolute atomic E-state index is 0.138. The Kier molecular flexibility index (Phi) is 3.64. The first-order valence-corrected chi connectivity index (χ1v) is 6.87. The quantitative estimate of drug-likeness (QED) is 0.795. The van der Waals surface area contributed by atoms with Crippen molar-refractivity contribution in [2.45, 2.75) is 13.3 Å². The molecule has 106 valence electrons. The van der Waals surface area contributed by atoms with Crippen molar-refractivity contribution in [3.05, 3.63) is 65.6 Å². The Morgan fingerprint density at radius 1 is 1.24 bits per heavy atom. The Balaban J connectivity index is 1.70. The van der Waals surface area contributed by atoms with Crippen LogP contribution in [0.15, 0.2) is 48.7 Å². The van der Waals surface area contributed by atoms with Crippen molar-refractivity contribution in [2.24, 2.45) is 0 Å². The summed E-state index contributed by atoms with van der Waals surface area (Å²) in [6.45, 7) is 2.47. The number of carbonyl (C=O) groups excluding carboxylic acids is 1. The maximum atomic E-state index is 12.3. The number of amides is 1. The molecule has 0 aliphatic rings. The van der Waals surface area contributed by atoms with Crippen molar-refractivity contribution in [1.29, 1.82) is 0 Å². The van der Waals surface area contributed by atoms with E-state index in [1.807, 2.05) is 43.3 Å². The van der Waals surface area contributed by atoms with Gasteiger partial charge in [-0.2, -0.15) is 5.10 Å². The fourth-order valence-corrected chi connectivity index (χ4v) is 2.24. The number of benzene rings is 1. The number of hydrogen-bond donors (Lipinski definition) is 1. The summed E-state index contributed by atoms with van der Waals surface area (Å²) >= 11 is 0. The van der Waals surface area contributed by atoms with E-state index in [2.05, 4.69) is 15.4 Å². The monoisotopic (exact) mass is 280 g/mol. The van der Waals surface area contributed by atoms with Crippen molar-refractivity contribution < 1.29 is 4.79 Å². The first-order chi connectivity index (χ1) is 10.2. The van der Waals surface area contributed by atoms with E-state index >= 15 is 0 Å². The van der Waals surface area contributed by atoms with Gasteiger partial charge >= 0.3 is 0 Å². The van der Waals surface area contributed by atoms with Gasteiger partial charge in [-0.1, -0.05) is 30.3 Å². The molecule has 5 nitrogen and oxygen atoms in total. The SMILES string of the molecule is Cc1cc2nccc(C(=O)NCCc3ccccc3)n2n1. The van der Waals surface area contributed by atoms with Gasteiger partial charge < -0.3 is 5.32 Å². The van der Waals surface area contributed by atoms with E-state index in [0.717, 1.165) is 12.1 Å². The summed E-state index contributed by atoms with van der Waals surface area (Å²) in [6, 6.07) is 13.6. The van der Waals surface area contributed by atoms with Crippen molar-refractivity contribution in [1.82, 2.24) is 19.9 Å². The van der Waals surface area contributed by atoms with Gasteiger partial charge in [0.25, 0.3) is 5.91 Å². The molecule has 21 heavy (non-hydrogen) atoms. The molecule has 0 fully saturated rings. The molecule has 2 aromatic heterocycles. The first-order valence-electron chi connectivity index (χ1n) is 6.87. The molecule has 1 amide bonds. The lowest BCUT2D eigenvalue weighted by molar-refractivity contribution is 0.0946. The lowest BCUT2D eigenvalue weighted by atomic mass is 10.1. The van der Waals surface area contributed by atoms with Crippen molar-refractivity contribution in [3.8, 4) is 0 Å². The minimum Gasteiger partial charge on any atom is -0.350 e. The molecule has 0 atom stereocenters. The highest BCUT2D eigenvalue weighted by Crippen LogP contribution is 2.06. The molecule has 1 N–H and O–H groups in total. The highest BCUT2D eigenvalue weighted by molar-refractivity contribution is 5.92. The van der Waals surface area contributed by atoms with Crippen LogP contribution in [-0.4, -0.2) is 27.0 Å². The van der Waals surface area contributed by atoms with Gasteiger partial charge in [-0.15, -0.1) is 0 Å². The summed E-state index contributed by atoms with van der Waals surface area (Å²) in [7, 11) is 0. The Labute approximate surface area is 122 Å². The van der Waals surface area contributed by atoms with Crippen molar-refractivity contribution in [2.75, 3.05) is 6.54 Å². The van der Waals surface area contributed by atoms with Gasteiger partial charge in [0.2, 0.25) is 0 Å². The van der Waals surface area contributed by atoms with E-state index in [0.29, 0.717) is 17.9 Å². The number of carbonyl (C=O) groups is 1. The third kappa shape index (κ3) is 2.91. The maximum absolute atomic E-state index is 12.3. The summed E-state index contributed by atoms with van der Waals surface area (Å²) in [5.41, 5.74) is 3.23. The zero-order valence-corrected chi connectivity index (χ0v) is 11.8. The van der Waals surface area contributed by atoms with Crippen LogP contribution in [0.25, 0.3) is 5.65 Å². The van der Waals surface area contributed by atoms with Crippen LogP contribution in [0.5, 0.6) is 0 Å². The van der Waals surface area contributed by atoms with E-state index in [4.69, 9.17) is 0 Å². The number of nitrogens with zero attached hydrogens (tertiary/aromatic N) is 3. The average molecular weight is 280 g/mol. The largest absolute Gasteiger partial charge is 0.350 e. The van der Waals surface area contributed by atoms with Crippen LogP contribution in [0.4, 0.5) is 0 Å². The van der Waals surface area contributed by atoms with Crippen LogP contribution in [0.3, 0.4) is 0 Å². The average Bonchev–Trinajstić information content (AvgIpc) is 2.88. The minimum atomic E-state index is -0.138. The number of rotatable bonds is 4. The van der Waals surface area contributed by atoms with E-state index in [1.165, 1.54) is 5.56 Å². The fourth-order valence-electron chi connectivity index (χ4n) is 2.24. The van der Waals surface area contributed by atoms with Crippen LogP contribution in [0.1, 0.15) is 21.7 Å². The van der Waals surface area contributed by atoms with Gasteiger partial charge in [0.05, 0.1) is 5.69 Å². The molecule has 0 bridgehead atoms. The van der Waals surface area contributed by atoms with Gasteiger partial charge in [-0.25, -0.2) is 9.50 Å². The number of aromatic nitrogens is 3. The molecule has 0 spiro atoms. The summed E-state index contributed by atoms with van der Waals surface area (Å²) < 4.78 is 1.58. The molecule has 0 aliphatic heterocycles. The van der Waals surface area contributed by atoms with Crippen LogP contribution in [0, 0.1) is 6.92 Å². The van der Waals surface area contributed by atoms with Crippen LogP contribution in [0.2, 0.25) is 0 Å². The normalized spacial score (nSPS) is 10.7. The van der Waals surface area contributed by atoms with Gasteiger partial charge in [0.1, 0.15) is 5.69 Å². The maximum Gasteiger partial charge on any atom is 0.270 e. The lowest BCUT2D eigenvalue weighted by Crippen LogP contribution is -2.27. The Morgan fingerprint density at radius 3 is 2.86 bits per heavy atom. The molecule has 3 aromatic rings. The van der Waals surface area contributed by atoms with Crippen molar-refractivity contribution in [3.63, 3.8) is 0 Å². The first kappa shape index (κ1) is 13.3. The Bertz CT molecular complexity index is 764. The third-order valence-corrected chi connectivity index (χ3v) is 3.25. The highest BCUT2D eigenvalue weighted by atomic mass is 16.1. The summed E-state index contributed by atoms with van der Waals surface area (Å²) in [6.07, 6.45) is 2.43. The molecule has 0 aliphatic carbocycles. The zero-order chi connectivity index (χ0) is 14.7. The molecular formula is C16H16N4O. The number of aryl methyl sites for hydroxylation is 1. The summed E-state index contributed by atoms with van der Waals surface area (Å²) in [5, 5.41) is 7.22. The predicted octanol–water partition coefficient (Wildman–Crippen LogP) is 2.01. The smallest absolute Gasteiger partial charge is 0.270 e. The lowest BCUT2D eigenvalue weighted by Gasteiger charge is -2.06. The van der Waals surface area contributed by atoms with Gasteiger partial charge in [-0.3, -0.25) is 4.79 Å².